The molecule has 1 aliphatic carbocycles. The number of rotatable bonds is 11. The predicted octanol–water partition coefficient (Wildman–Crippen LogP) is 22.3. The third-order valence-electron chi connectivity index (χ3n) is 31.3. The van der Waals surface area contributed by atoms with Crippen LogP contribution in [0.1, 0.15) is 132 Å². The number of halogens is 10. The first-order valence-corrected chi connectivity index (χ1v) is 52.1. The lowest BCUT2D eigenvalue weighted by Crippen LogP contribution is -2.51. The summed E-state index contributed by atoms with van der Waals surface area (Å²) in [7, 11) is 0. The van der Waals surface area contributed by atoms with Gasteiger partial charge in [0.05, 0.1) is 76.2 Å². The summed E-state index contributed by atoms with van der Waals surface area (Å²) in [5, 5.41) is 27.9. The van der Waals surface area contributed by atoms with Crippen LogP contribution in [0.15, 0.2) is 153 Å². The van der Waals surface area contributed by atoms with E-state index in [2.05, 4.69) is 161 Å². The largest absolute Gasteiger partial charge is 0.379 e. The quantitative estimate of drug-likeness (QED) is 0.0803. The van der Waals surface area contributed by atoms with Gasteiger partial charge in [0.25, 0.3) is 0 Å². The van der Waals surface area contributed by atoms with E-state index in [-0.39, 0.29) is 40.0 Å². The second kappa shape index (κ2) is 41.0. The average Bonchev–Trinajstić information content (AvgIpc) is 1.66. The third-order valence-corrected chi connectivity index (χ3v) is 35.4. The van der Waals surface area contributed by atoms with Gasteiger partial charge in [-0.15, -0.1) is 0 Å². The highest BCUT2D eigenvalue weighted by atomic mass is 35.5. The van der Waals surface area contributed by atoms with Crippen LogP contribution >= 0.6 is 116 Å². The molecule has 10 N–H and O–H groups in total. The van der Waals surface area contributed by atoms with Crippen molar-refractivity contribution in [2.75, 3.05) is 116 Å². The van der Waals surface area contributed by atoms with E-state index in [4.69, 9.17) is 154 Å². The Bertz CT molecular complexity index is 6990. The van der Waals surface area contributed by atoms with Gasteiger partial charge in [-0.1, -0.05) is 190 Å². The Hall–Kier alpha value is -9.18. The van der Waals surface area contributed by atoms with Gasteiger partial charge in [-0.25, -0.2) is 24.9 Å². The number of hydrogen-bond acceptors (Lipinski definition) is 22. The maximum atomic E-state index is 6.53. The fraction of sp³-hybridized carbons (Fsp3) is 0.423. The number of nitrogens with two attached hydrogens (primary N) is 5. The summed E-state index contributed by atoms with van der Waals surface area (Å²) in [6.45, 7) is 29.2. The second-order valence-electron chi connectivity index (χ2n) is 40.1. The maximum Gasteiger partial charge on any atom is 0.165 e. The van der Waals surface area contributed by atoms with Gasteiger partial charge in [0.1, 0.15) is 60.7 Å². The molecule has 4 atom stereocenters. The smallest absolute Gasteiger partial charge is 0.165 e. The molecule has 0 amide bonds. The van der Waals surface area contributed by atoms with Crippen molar-refractivity contribution in [2.45, 2.75) is 169 Å². The molecule has 10 aromatic heterocycles. The summed E-state index contributed by atoms with van der Waals surface area (Å²) in [6.07, 6.45) is 22.2. The Morgan fingerprint density at radius 2 is 0.617 bits per heavy atom. The number of hydrogen-bond donors (Lipinski definition) is 5. The van der Waals surface area contributed by atoms with Gasteiger partial charge >= 0.3 is 0 Å². The van der Waals surface area contributed by atoms with E-state index in [0.29, 0.717) is 68.3 Å². The SMILES string of the molecule is Cc1cc(N2CCC(C)(CN)CC2)n2ncnc2c1-c1cccc(Cl)c1Cl.Cc1cc(N2CCC(C)(N)CC2)n2ncnc2c1-c1cccc(Cl)c1Cl.Cc1cc(N2CCC3(CC2)COC(C)C3N)n2ncnc2c1-c1cccc(Cl)c1Cl.Cc1cc(N2CCC3(CC2)COCC3N)n2ncnc2c1-c1cccc(Cl)c1Cl.Cc1cc(N2CCC3(CCCC3N)CC2)n2ncnc2c1-c1cccc(Cl)c1Cl. The number of nitrogens with zero attached hydrogens (tertiary/aromatic N) is 20. The number of pyridine rings is 5. The number of aromatic nitrogens is 15. The number of anilines is 5. The van der Waals surface area contributed by atoms with Crippen molar-refractivity contribution in [2.24, 2.45) is 50.3 Å². The molecule has 8 aliphatic rings. The molecule has 0 bridgehead atoms. The lowest BCUT2D eigenvalue weighted by atomic mass is 9.73. The maximum absolute atomic E-state index is 6.53. The predicted molar refractivity (Wildman–Crippen MR) is 574 cm³/mol. The lowest BCUT2D eigenvalue weighted by molar-refractivity contribution is 0.0974. The van der Waals surface area contributed by atoms with Crippen LogP contribution in [0.3, 0.4) is 0 Å². The van der Waals surface area contributed by atoms with Crippen molar-refractivity contribution in [3.63, 3.8) is 0 Å². The van der Waals surface area contributed by atoms with Gasteiger partial charge in [0, 0.05) is 156 Å². The van der Waals surface area contributed by atoms with Crippen LogP contribution in [-0.2, 0) is 9.47 Å². The fourth-order valence-electron chi connectivity index (χ4n) is 22.4. The number of aryl methyl sites for hydroxylation is 5. The minimum absolute atomic E-state index is 0.0840. The molecule has 23 rings (SSSR count). The van der Waals surface area contributed by atoms with Crippen LogP contribution in [-0.4, -0.2) is 195 Å². The van der Waals surface area contributed by atoms with E-state index in [9.17, 15) is 0 Å². The Morgan fingerprint density at radius 1 is 0.348 bits per heavy atom. The zero-order valence-electron chi connectivity index (χ0n) is 80.3. The van der Waals surface area contributed by atoms with Crippen LogP contribution in [0.5, 0.6) is 0 Å². The molecule has 740 valence electrons. The van der Waals surface area contributed by atoms with E-state index in [1.165, 1.54) is 19.3 Å². The highest BCUT2D eigenvalue weighted by Crippen LogP contribution is 2.51. The first-order chi connectivity index (χ1) is 67.7. The van der Waals surface area contributed by atoms with E-state index in [1.54, 1.807) is 62.0 Å². The summed E-state index contributed by atoms with van der Waals surface area (Å²) < 4.78 is 21.1. The van der Waals surface area contributed by atoms with Gasteiger partial charge in [-0.3, -0.25) is 0 Å². The Morgan fingerprint density at radius 3 is 0.865 bits per heavy atom. The fourth-order valence-corrected chi connectivity index (χ4v) is 24.4. The molecule has 37 heteroatoms. The average molecular weight is 2100 g/mol. The van der Waals surface area contributed by atoms with E-state index in [0.717, 1.165) is 290 Å². The molecule has 141 heavy (non-hydrogen) atoms. The van der Waals surface area contributed by atoms with Gasteiger partial charge < -0.3 is 62.6 Å². The monoisotopic (exact) mass is 2100 g/mol. The summed E-state index contributed by atoms with van der Waals surface area (Å²) in [5.41, 5.74) is 50.8. The number of ether oxygens (including phenoxy) is 2. The molecule has 15 aromatic rings. The molecule has 3 spiro atoms. The van der Waals surface area contributed by atoms with E-state index >= 15 is 0 Å². The van der Waals surface area contributed by atoms with Crippen LogP contribution in [0.2, 0.25) is 50.2 Å². The van der Waals surface area contributed by atoms with Crippen molar-refractivity contribution in [3.05, 3.63) is 231 Å². The van der Waals surface area contributed by atoms with E-state index in [1.807, 2.05) is 83.2 Å². The molecule has 0 radical (unpaired) electrons. The van der Waals surface area contributed by atoms with Crippen molar-refractivity contribution in [3.8, 4) is 55.6 Å². The molecule has 17 heterocycles. The molecule has 27 nitrogen and oxygen atoms in total. The van der Waals surface area contributed by atoms with Crippen molar-refractivity contribution >= 4 is 173 Å². The van der Waals surface area contributed by atoms with Gasteiger partial charge in [0.15, 0.2) is 28.2 Å². The number of piperidine rings is 5. The van der Waals surface area contributed by atoms with Crippen molar-refractivity contribution < 1.29 is 9.47 Å². The molecule has 8 fully saturated rings. The Balaban J connectivity index is 0.000000112. The van der Waals surface area contributed by atoms with Gasteiger partial charge in [-0.2, -0.15) is 48.1 Å². The molecular formula is C104H117Cl10N25O2. The van der Waals surface area contributed by atoms with Crippen LogP contribution < -0.4 is 53.2 Å². The minimum atomic E-state index is -0.0960. The molecule has 5 aromatic carbocycles. The molecular weight excluding hydrogens is 1990 g/mol. The standard InChI is InChI=1S/C22H25Cl2N5O.C22H25Cl2N5.C21H23Cl2N5O.C20H23Cl2N5.C19H21Cl2N5/c1-13-10-17(28-8-6-22(7-9-28)11-30-14(2)20(22)25)29-21(26-12-27-29)18(13)15-4-3-5-16(23)19(15)24;1-14-12-18(28-10-8-22(9-11-28)7-3-6-17(22)25)29-21(26-13-27-29)19(14)15-4-2-5-16(23)20(15)24;1-13-9-17(27-7-5-21(6-8-27)11-29-10-16(21)24)28-20(25-12-26-28)18(13)14-3-2-4-15(22)19(14)23;1-13-10-16(26-8-6-20(2,11-23)7-9-26)27-19(24-12-25-27)17(13)14-4-3-5-15(21)18(14)22;1-12-10-15(25-8-6-19(2,22)7-9-25)26-18(23-11-24-26)16(12)13-4-3-5-14(20)17(13)21/h3-5,10,12,14,20H,6-9,11,25H2,1-2H3;2,4-5,12-13,17H,3,6-11,25H2,1H3;2-4,9,12,16H,5-8,10-11,24H2,1H3;3-5,10,12H,6-9,11,23H2,1-2H3;3-5,10-11H,6-9,22H2,1-2H3. The zero-order chi connectivity index (χ0) is 99.0. The number of benzene rings is 5. The zero-order valence-corrected chi connectivity index (χ0v) is 87.8. The summed E-state index contributed by atoms with van der Waals surface area (Å²) in [5.74, 6) is 5.25. The second-order valence-corrected chi connectivity index (χ2v) is 44.1. The van der Waals surface area contributed by atoms with Crippen molar-refractivity contribution in [1.29, 1.82) is 0 Å². The topological polar surface area (TPSA) is 316 Å². The summed E-state index contributed by atoms with van der Waals surface area (Å²) in [6, 6.07) is 39.8. The van der Waals surface area contributed by atoms with E-state index < -0.39 is 0 Å². The van der Waals surface area contributed by atoms with Crippen LogP contribution in [0.25, 0.3) is 83.9 Å². The summed E-state index contributed by atoms with van der Waals surface area (Å²) in [4.78, 5) is 34.6. The number of fused-ring (bicyclic) bond motifs is 5. The third kappa shape index (κ3) is 19.2. The minimum Gasteiger partial charge on any atom is -0.379 e. The van der Waals surface area contributed by atoms with Crippen molar-refractivity contribution in [1.82, 2.24) is 73.0 Å². The van der Waals surface area contributed by atoms with Gasteiger partial charge in [-0.05, 0) is 231 Å². The van der Waals surface area contributed by atoms with Crippen LogP contribution in [0, 0.1) is 56.3 Å². The first-order valence-electron chi connectivity index (χ1n) is 48.3. The normalized spacial score (nSPS) is 20.2. The highest BCUT2D eigenvalue weighted by Gasteiger charge is 2.49. The lowest BCUT2D eigenvalue weighted by Gasteiger charge is -2.43. The Kier molecular flexibility index (Phi) is 29.2. The molecule has 1 saturated carbocycles. The highest BCUT2D eigenvalue weighted by molar-refractivity contribution is 6.46. The first kappa shape index (κ1) is 101. The van der Waals surface area contributed by atoms with Gasteiger partial charge in [0.2, 0.25) is 0 Å². The Labute approximate surface area is 870 Å². The summed E-state index contributed by atoms with van der Waals surface area (Å²) >= 11 is 63.8. The molecule has 7 aliphatic heterocycles. The molecule has 7 saturated heterocycles. The van der Waals surface area contributed by atoms with Crippen LogP contribution in [0.4, 0.5) is 29.1 Å². The molecule has 4 unspecified atom stereocenters.